The molecule has 2 rings (SSSR count). The van der Waals surface area contributed by atoms with E-state index in [0.717, 1.165) is 19.3 Å². The predicted molar refractivity (Wildman–Crippen MR) is 97.1 cm³/mol. The van der Waals surface area contributed by atoms with Gasteiger partial charge in [-0.05, 0) is 57.4 Å². The Morgan fingerprint density at radius 2 is 2.14 bits per heavy atom. The van der Waals surface area contributed by atoms with Crippen LogP contribution in [0.3, 0.4) is 0 Å². The van der Waals surface area contributed by atoms with Crippen molar-refractivity contribution in [3.05, 3.63) is 24.0 Å². The van der Waals surface area contributed by atoms with E-state index in [1.54, 1.807) is 12.2 Å². The number of unbranched alkanes of at least 4 members (excludes halogenated alkanes) is 2. The molecule has 1 aliphatic carbocycles. The van der Waals surface area contributed by atoms with E-state index in [-0.39, 0.29) is 59.7 Å². The quantitative estimate of drug-likeness (QED) is 0.323. The summed E-state index contributed by atoms with van der Waals surface area (Å²) < 4.78 is 35.1. The number of carbonyl (C=O) groups excluding carboxylic acids is 1. The molecule has 0 radical (unpaired) electrons. The Bertz CT molecular complexity index is 565. The third kappa shape index (κ3) is 6.82. The zero-order chi connectivity index (χ0) is 20.0. The van der Waals surface area contributed by atoms with Crippen LogP contribution in [-0.4, -0.2) is 35.1 Å². The molecule has 0 amide bonds. The van der Waals surface area contributed by atoms with Crippen molar-refractivity contribution in [2.45, 2.75) is 89.3 Å². The predicted octanol–water partition coefficient (Wildman–Crippen LogP) is 0.393. The van der Waals surface area contributed by atoms with E-state index in [9.17, 15) is 23.8 Å². The summed E-state index contributed by atoms with van der Waals surface area (Å²) in [6.45, 7) is 3.38. The Hall–Kier alpha value is -0.430. The van der Waals surface area contributed by atoms with Crippen LogP contribution in [0.25, 0.3) is 0 Å². The number of aliphatic hydroxyl groups excluding tert-OH is 1. The van der Waals surface area contributed by atoms with Crippen molar-refractivity contribution in [2.24, 2.45) is 11.8 Å². The molecule has 1 heterocycles. The van der Waals surface area contributed by atoms with Gasteiger partial charge in [-0.25, -0.2) is 8.78 Å². The molecule has 1 saturated carbocycles. The summed E-state index contributed by atoms with van der Waals surface area (Å²) >= 11 is 0. The van der Waals surface area contributed by atoms with Crippen LogP contribution in [0.2, 0.25) is 0 Å². The first kappa shape index (κ1) is 25.6. The Balaban J connectivity index is 0.00000392. The van der Waals surface area contributed by atoms with Crippen LogP contribution in [0.1, 0.15) is 65.2 Å². The first-order valence-corrected chi connectivity index (χ1v) is 10.0. The second-order valence-electron chi connectivity index (χ2n) is 7.96. The number of carboxylic acid groups (broad SMARTS) is 1. The van der Waals surface area contributed by atoms with Crippen LogP contribution in [0.4, 0.5) is 8.78 Å². The van der Waals surface area contributed by atoms with E-state index in [0.29, 0.717) is 25.7 Å². The molecule has 154 valence electrons. The Morgan fingerprint density at radius 3 is 2.79 bits per heavy atom. The molecule has 28 heavy (non-hydrogen) atoms. The summed E-state index contributed by atoms with van der Waals surface area (Å²) in [7, 11) is 0. The molecular formula is C21H31F2NaO4. The van der Waals surface area contributed by atoms with Crippen molar-refractivity contribution >= 4 is 5.97 Å². The van der Waals surface area contributed by atoms with Gasteiger partial charge in [0.1, 0.15) is 23.6 Å². The summed E-state index contributed by atoms with van der Waals surface area (Å²) in [5.74, 6) is -1.27. The first-order chi connectivity index (χ1) is 12.8. The number of aliphatic carboxylic acids is 1. The van der Waals surface area contributed by atoms with Crippen LogP contribution in [0.5, 0.6) is 0 Å². The van der Waals surface area contributed by atoms with Crippen molar-refractivity contribution in [1.29, 1.82) is 0 Å². The van der Waals surface area contributed by atoms with E-state index >= 15 is 0 Å². The number of fused-ring (bicyclic) bond motifs is 1. The number of carbonyl (C=O) groups is 1. The molecule has 6 atom stereocenters. The van der Waals surface area contributed by atoms with Gasteiger partial charge >= 0.3 is 29.6 Å². The van der Waals surface area contributed by atoms with Gasteiger partial charge in [-0.15, -0.1) is 0 Å². The molecule has 2 unspecified atom stereocenters. The number of rotatable bonds is 10. The minimum Gasteiger partial charge on any atom is -0.550 e. The van der Waals surface area contributed by atoms with Gasteiger partial charge in [-0.2, -0.15) is 0 Å². The van der Waals surface area contributed by atoms with E-state index in [4.69, 9.17) is 4.74 Å². The van der Waals surface area contributed by atoms with E-state index in [1.165, 1.54) is 13.0 Å². The van der Waals surface area contributed by atoms with Gasteiger partial charge in [-0.1, -0.05) is 31.9 Å². The third-order valence-electron chi connectivity index (χ3n) is 5.71. The standard InChI is InChI=1S/C21H32F2O4.Na/c1-3-4-13-21(2,23)17(24)12-10-14-9-11-15-19(14)20(22)16(27-15)7-5-6-8-18(25)26;/h7,10,12,14-15,17,19-20,24H,3-6,8-9,11,13H2,1-2H3,(H,25,26);/q;+1/p-1/b12-10+,16-7-;/t14-,15-,17-,19-,20?,21?;/m1./s1. The van der Waals surface area contributed by atoms with Crippen molar-refractivity contribution in [3.8, 4) is 0 Å². The Labute approximate surface area is 188 Å². The maximum absolute atomic E-state index is 14.8. The summed E-state index contributed by atoms with van der Waals surface area (Å²) in [4.78, 5) is 10.4. The van der Waals surface area contributed by atoms with Crippen LogP contribution >= 0.6 is 0 Å². The molecule has 0 aromatic carbocycles. The normalized spacial score (nSPS) is 31.2. The van der Waals surface area contributed by atoms with Gasteiger partial charge in [0, 0.05) is 11.9 Å². The number of hydrogen-bond acceptors (Lipinski definition) is 4. The Kier molecular flexibility index (Phi) is 10.7. The van der Waals surface area contributed by atoms with E-state index < -0.39 is 23.9 Å². The summed E-state index contributed by atoms with van der Waals surface area (Å²) in [6, 6.07) is 0. The third-order valence-corrected chi connectivity index (χ3v) is 5.71. The molecule has 1 aliphatic heterocycles. The number of aliphatic hydroxyl groups is 1. The second-order valence-corrected chi connectivity index (χ2v) is 7.96. The molecule has 2 fully saturated rings. The molecule has 0 bridgehead atoms. The van der Waals surface area contributed by atoms with Crippen molar-refractivity contribution < 1.29 is 58.1 Å². The van der Waals surface area contributed by atoms with E-state index in [1.807, 2.05) is 6.92 Å². The molecule has 4 nitrogen and oxygen atoms in total. The topological polar surface area (TPSA) is 69.6 Å². The van der Waals surface area contributed by atoms with Crippen molar-refractivity contribution in [2.75, 3.05) is 0 Å². The number of carboxylic acids is 1. The molecule has 1 N–H and O–H groups in total. The van der Waals surface area contributed by atoms with Crippen molar-refractivity contribution in [1.82, 2.24) is 0 Å². The summed E-state index contributed by atoms with van der Waals surface area (Å²) in [5.41, 5.74) is -1.68. The van der Waals surface area contributed by atoms with Crippen LogP contribution in [-0.2, 0) is 9.53 Å². The number of halogens is 2. The smallest absolute Gasteiger partial charge is 0.550 e. The fourth-order valence-electron chi connectivity index (χ4n) is 3.98. The largest absolute Gasteiger partial charge is 1.00 e. The zero-order valence-corrected chi connectivity index (χ0v) is 19.2. The maximum Gasteiger partial charge on any atom is 1.00 e. The maximum atomic E-state index is 14.8. The molecule has 7 heteroatoms. The fraction of sp³-hybridized carbons (Fsp3) is 0.762. The minimum atomic E-state index is -1.68. The first-order valence-electron chi connectivity index (χ1n) is 10.0. The number of allylic oxidation sites excluding steroid dienone is 3. The monoisotopic (exact) mass is 408 g/mol. The molecule has 0 aromatic heterocycles. The average molecular weight is 408 g/mol. The summed E-state index contributed by atoms with van der Waals surface area (Å²) in [6.07, 6.45) is 6.26. The zero-order valence-electron chi connectivity index (χ0n) is 17.2. The molecule has 0 spiro atoms. The van der Waals surface area contributed by atoms with Crippen LogP contribution in [0, 0.1) is 11.8 Å². The molecule has 1 saturated heterocycles. The molecule has 2 aliphatic rings. The van der Waals surface area contributed by atoms with Crippen LogP contribution in [0.15, 0.2) is 24.0 Å². The minimum absolute atomic E-state index is 0. The van der Waals surface area contributed by atoms with Gasteiger partial charge in [0.25, 0.3) is 0 Å². The van der Waals surface area contributed by atoms with E-state index in [2.05, 4.69) is 0 Å². The van der Waals surface area contributed by atoms with Gasteiger partial charge in [0.05, 0.1) is 0 Å². The van der Waals surface area contributed by atoms with Gasteiger partial charge < -0.3 is 19.7 Å². The van der Waals surface area contributed by atoms with Crippen molar-refractivity contribution in [3.63, 3.8) is 0 Å². The second kappa shape index (κ2) is 11.7. The fourth-order valence-corrected chi connectivity index (χ4v) is 3.98. The number of alkyl halides is 2. The SMILES string of the molecule is CCCCC(C)(F)[C@H](O)/C=C/[C@H]1CC[C@H]2O/C(=C\CCCC(=O)[O-])C(F)[C@H]12.[Na+]. The van der Waals surface area contributed by atoms with Gasteiger partial charge in [0.2, 0.25) is 0 Å². The number of hydrogen-bond donors (Lipinski definition) is 1. The summed E-state index contributed by atoms with van der Waals surface area (Å²) in [5, 5.41) is 20.6. The Morgan fingerprint density at radius 1 is 1.43 bits per heavy atom. The molecular weight excluding hydrogens is 377 g/mol. The average Bonchev–Trinajstić information content (AvgIpc) is 3.15. The van der Waals surface area contributed by atoms with Gasteiger partial charge in [-0.3, -0.25) is 0 Å². The van der Waals surface area contributed by atoms with Crippen LogP contribution < -0.4 is 34.7 Å². The van der Waals surface area contributed by atoms with Gasteiger partial charge in [0.15, 0.2) is 6.17 Å². The molecule has 0 aromatic rings. The number of ether oxygens (including phenoxy) is 1.